The van der Waals surface area contributed by atoms with Gasteiger partial charge in [0.1, 0.15) is 11.1 Å². The van der Waals surface area contributed by atoms with Crippen molar-refractivity contribution in [1.29, 1.82) is 5.26 Å². The maximum Gasteiger partial charge on any atom is 0.105 e. The van der Waals surface area contributed by atoms with Gasteiger partial charge in [-0.25, -0.2) is 0 Å². The molecule has 1 aliphatic heterocycles. The number of rotatable bonds is 0. The maximum absolute atomic E-state index is 9.16. The van der Waals surface area contributed by atoms with Crippen molar-refractivity contribution in [3.63, 3.8) is 0 Å². The fraction of sp³-hybridized carbons (Fsp3) is 0.0833. The highest BCUT2D eigenvalue weighted by atomic mass is 32.2. The lowest BCUT2D eigenvalue weighted by molar-refractivity contribution is 1.36. The molecular formula is C12H8N2S2. The second-order valence-electron chi connectivity index (χ2n) is 3.54. The van der Waals surface area contributed by atoms with E-state index in [1.165, 1.54) is 21.1 Å². The van der Waals surface area contributed by atoms with E-state index < -0.39 is 0 Å². The van der Waals surface area contributed by atoms with E-state index in [0.29, 0.717) is 10.6 Å². The molecular weight excluding hydrogens is 236 g/mol. The molecule has 78 valence electrons. The summed E-state index contributed by atoms with van der Waals surface area (Å²) in [4.78, 5) is 2.46. The minimum absolute atomic E-state index is 0.643. The predicted octanol–water partition coefficient (Wildman–Crippen LogP) is 3.47. The van der Waals surface area contributed by atoms with Gasteiger partial charge >= 0.3 is 0 Å². The van der Waals surface area contributed by atoms with Gasteiger partial charge in [0.15, 0.2) is 0 Å². The Morgan fingerprint density at radius 3 is 2.94 bits per heavy atom. The van der Waals surface area contributed by atoms with Crippen molar-refractivity contribution in [1.82, 2.24) is 0 Å². The molecule has 0 unspecified atom stereocenters. The molecule has 2 N–H and O–H groups in total. The Labute approximate surface area is 102 Å². The molecule has 3 rings (SSSR count). The van der Waals surface area contributed by atoms with Crippen molar-refractivity contribution in [2.75, 3.05) is 5.73 Å². The molecule has 4 heteroatoms. The lowest BCUT2D eigenvalue weighted by Crippen LogP contribution is -1.93. The summed E-state index contributed by atoms with van der Waals surface area (Å²) in [6.45, 7) is 0. The van der Waals surface area contributed by atoms with Crippen LogP contribution in [0.25, 0.3) is 11.1 Å². The summed E-state index contributed by atoms with van der Waals surface area (Å²) in [6, 6.07) is 10.4. The van der Waals surface area contributed by atoms with Gasteiger partial charge in [0.05, 0.1) is 5.56 Å². The van der Waals surface area contributed by atoms with Crippen LogP contribution in [0.15, 0.2) is 29.2 Å². The number of hydrogen-bond donors (Lipinski definition) is 1. The first kappa shape index (κ1) is 9.76. The van der Waals surface area contributed by atoms with Gasteiger partial charge in [0.25, 0.3) is 0 Å². The summed E-state index contributed by atoms with van der Waals surface area (Å²) >= 11 is 3.35. The number of nitriles is 1. The molecule has 2 nitrogen and oxygen atoms in total. The molecule has 0 spiro atoms. The van der Waals surface area contributed by atoms with Crippen LogP contribution >= 0.6 is 23.1 Å². The molecule has 0 amide bonds. The third-order valence-corrected chi connectivity index (χ3v) is 4.94. The van der Waals surface area contributed by atoms with Gasteiger partial charge in [0.2, 0.25) is 0 Å². The van der Waals surface area contributed by atoms with Crippen molar-refractivity contribution in [3.05, 3.63) is 34.7 Å². The molecule has 0 bridgehead atoms. The topological polar surface area (TPSA) is 49.8 Å². The molecule has 2 aromatic rings. The van der Waals surface area contributed by atoms with Crippen LogP contribution in [0.5, 0.6) is 0 Å². The Balaban J connectivity index is 2.35. The molecule has 0 radical (unpaired) electrons. The van der Waals surface area contributed by atoms with Crippen LogP contribution in [-0.4, -0.2) is 0 Å². The third-order valence-electron chi connectivity index (χ3n) is 2.64. The number of thiophene rings is 1. The second kappa shape index (κ2) is 3.55. The van der Waals surface area contributed by atoms with Crippen LogP contribution in [0.2, 0.25) is 0 Å². The average Bonchev–Trinajstić information content (AvgIpc) is 2.65. The van der Waals surface area contributed by atoms with Crippen molar-refractivity contribution >= 4 is 28.1 Å². The van der Waals surface area contributed by atoms with Crippen molar-refractivity contribution in [2.45, 2.75) is 10.6 Å². The smallest absolute Gasteiger partial charge is 0.105 e. The van der Waals surface area contributed by atoms with Gasteiger partial charge in [0, 0.05) is 21.1 Å². The van der Waals surface area contributed by atoms with E-state index in [4.69, 9.17) is 11.0 Å². The van der Waals surface area contributed by atoms with E-state index in [1.54, 1.807) is 0 Å². The molecule has 2 heterocycles. The molecule has 1 aromatic heterocycles. The van der Waals surface area contributed by atoms with E-state index in [2.05, 4.69) is 18.2 Å². The zero-order valence-electron chi connectivity index (χ0n) is 8.36. The second-order valence-corrected chi connectivity index (χ2v) is 5.69. The Hall–Kier alpha value is -1.44. The van der Waals surface area contributed by atoms with E-state index in [9.17, 15) is 0 Å². The highest BCUT2D eigenvalue weighted by Gasteiger charge is 2.23. The average molecular weight is 244 g/mol. The number of thioether (sulfide) groups is 1. The number of nitrogens with zero attached hydrogens (tertiary/aromatic N) is 1. The Kier molecular flexibility index (Phi) is 2.16. The van der Waals surface area contributed by atoms with E-state index in [-0.39, 0.29) is 0 Å². The molecule has 0 fully saturated rings. The first-order valence-corrected chi connectivity index (χ1v) is 6.65. The minimum Gasteiger partial charge on any atom is -0.389 e. The normalized spacial score (nSPS) is 12.7. The Morgan fingerprint density at radius 2 is 2.12 bits per heavy atom. The lowest BCUT2D eigenvalue weighted by atomic mass is 10.0. The summed E-state index contributed by atoms with van der Waals surface area (Å²) in [5, 5.41) is 9.80. The molecule has 0 saturated carbocycles. The highest BCUT2D eigenvalue weighted by Crippen LogP contribution is 2.48. The summed E-state index contributed by atoms with van der Waals surface area (Å²) in [7, 11) is 0. The molecule has 16 heavy (non-hydrogen) atoms. The number of hydrogen-bond acceptors (Lipinski definition) is 4. The summed E-state index contributed by atoms with van der Waals surface area (Å²) in [6.07, 6.45) is 0. The third kappa shape index (κ3) is 1.26. The zero-order chi connectivity index (χ0) is 11.1. The molecule has 1 aliphatic rings. The number of anilines is 1. The monoisotopic (exact) mass is 244 g/mol. The summed E-state index contributed by atoms with van der Waals surface area (Å²) in [5.74, 6) is 0.920. The van der Waals surface area contributed by atoms with Crippen molar-refractivity contribution in [3.8, 4) is 17.2 Å². The SMILES string of the molecule is N#Cc1c(N)sc2c1-c1ccccc1SC2. The number of fused-ring (bicyclic) bond motifs is 3. The van der Waals surface area contributed by atoms with Crippen LogP contribution in [0, 0.1) is 11.3 Å². The van der Waals surface area contributed by atoms with Gasteiger partial charge in [-0.05, 0) is 11.6 Å². The zero-order valence-corrected chi connectivity index (χ0v) is 9.99. The lowest BCUT2D eigenvalue weighted by Gasteiger charge is -2.15. The van der Waals surface area contributed by atoms with Crippen molar-refractivity contribution < 1.29 is 0 Å². The molecule has 0 atom stereocenters. The summed E-state index contributed by atoms with van der Waals surface area (Å²) < 4.78 is 0. The van der Waals surface area contributed by atoms with Crippen LogP contribution in [-0.2, 0) is 5.75 Å². The molecule has 1 aromatic carbocycles. The fourth-order valence-corrected chi connectivity index (χ4v) is 4.11. The van der Waals surface area contributed by atoms with E-state index in [1.807, 2.05) is 23.9 Å². The van der Waals surface area contributed by atoms with E-state index in [0.717, 1.165) is 16.9 Å². The van der Waals surface area contributed by atoms with Crippen molar-refractivity contribution in [2.24, 2.45) is 0 Å². The first-order valence-electron chi connectivity index (χ1n) is 4.84. The first-order chi connectivity index (χ1) is 7.81. The number of nitrogens with two attached hydrogens (primary N) is 1. The van der Waals surface area contributed by atoms with Crippen LogP contribution < -0.4 is 5.73 Å². The molecule has 0 aliphatic carbocycles. The van der Waals surface area contributed by atoms with Gasteiger partial charge < -0.3 is 5.73 Å². The number of benzene rings is 1. The largest absolute Gasteiger partial charge is 0.389 e. The Morgan fingerprint density at radius 1 is 1.31 bits per heavy atom. The maximum atomic E-state index is 9.16. The fourth-order valence-electron chi connectivity index (χ4n) is 1.94. The van der Waals surface area contributed by atoms with E-state index >= 15 is 0 Å². The van der Waals surface area contributed by atoms with Gasteiger partial charge in [-0.3, -0.25) is 0 Å². The van der Waals surface area contributed by atoms with Crippen LogP contribution in [0.3, 0.4) is 0 Å². The van der Waals surface area contributed by atoms with Gasteiger partial charge in [-0.15, -0.1) is 23.1 Å². The minimum atomic E-state index is 0.643. The van der Waals surface area contributed by atoms with Crippen LogP contribution in [0.1, 0.15) is 10.4 Å². The molecule has 0 saturated heterocycles. The Bertz CT molecular complexity index is 608. The predicted molar refractivity (Wildman–Crippen MR) is 68.4 cm³/mol. The number of nitrogen functional groups attached to an aromatic ring is 1. The van der Waals surface area contributed by atoms with Gasteiger partial charge in [-0.2, -0.15) is 5.26 Å². The van der Waals surface area contributed by atoms with Crippen LogP contribution in [0.4, 0.5) is 5.00 Å². The highest BCUT2D eigenvalue weighted by molar-refractivity contribution is 7.98. The summed E-state index contributed by atoms with van der Waals surface area (Å²) in [5.41, 5.74) is 8.73. The quantitative estimate of drug-likeness (QED) is 0.772. The van der Waals surface area contributed by atoms with Gasteiger partial charge in [-0.1, -0.05) is 18.2 Å². The standard InChI is InChI=1S/C12H8N2S2/c13-5-8-11-7-3-1-2-4-9(7)15-6-10(11)16-12(8)14/h1-4H,6,14H2.